The molecule has 0 spiro atoms. The summed E-state index contributed by atoms with van der Waals surface area (Å²) in [7, 11) is 0. The molecule has 3 rings (SSSR count). The predicted molar refractivity (Wildman–Crippen MR) is 111 cm³/mol. The largest absolute Gasteiger partial charge is 0.471 e. The zero-order valence-corrected chi connectivity index (χ0v) is 17.9. The highest BCUT2D eigenvalue weighted by Crippen LogP contribution is 2.36. The smallest absolute Gasteiger partial charge is 0.364 e. The van der Waals surface area contributed by atoms with Crippen molar-refractivity contribution in [1.82, 2.24) is 15.1 Å². The number of carbonyl (C=O) groups excluding carboxylic acids is 1. The van der Waals surface area contributed by atoms with Gasteiger partial charge in [0.2, 0.25) is 0 Å². The van der Waals surface area contributed by atoms with E-state index in [2.05, 4.69) is 27.3 Å². The van der Waals surface area contributed by atoms with E-state index in [0.29, 0.717) is 23.5 Å². The van der Waals surface area contributed by atoms with Crippen LogP contribution in [0.4, 0.5) is 37.8 Å². The first-order valence-electron chi connectivity index (χ1n) is 10.3. The second-order valence-corrected chi connectivity index (χ2v) is 7.85. The lowest BCUT2D eigenvalue weighted by Gasteiger charge is -2.32. The van der Waals surface area contributed by atoms with Crippen molar-refractivity contribution in [3.63, 3.8) is 0 Å². The first kappa shape index (κ1) is 24.7. The summed E-state index contributed by atoms with van der Waals surface area (Å²) >= 11 is 0. The predicted octanol–water partition coefficient (Wildman–Crippen LogP) is 4.87. The van der Waals surface area contributed by atoms with Gasteiger partial charge in [-0.3, -0.25) is 4.79 Å². The Morgan fingerprint density at radius 1 is 1.15 bits per heavy atom. The van der Waals surface area contributed by atoms with E-state index in [1.807, 2.05) is 0 Å². The fraction of sp³-hybridized carbons (Fsp3) is 0.476. The molecule has 33 heavy (non-hydrogen) atoms. The molecule has 0 radical (unpaired) electrons. The fourth-order valence-electron chi connectivity index (χ4n) is 3.65. The molecule has 0 bridgehead atoms. The van der Waals surface area contributed by atoms with Crippen LogP contribution in [0.5, 0.6) is 0 Å². The van der Waals surface area contributed by atoms with Gasteiger partial charge < -0.3 is 15.5 Å². The zero-order valence-electron chi connectivity index (χ0n) is 17.9. The number of anilines is 2. The minimum absolute atomic E-state index is 0.0306. The molecule has 2 heterocycles. The van der Waals surface area contributed by atoms with Crippen LogP contribution in [0.25, 0.3) is 11.3 Å². The first-order valence-corrected chi connectivity index (χ1v) is 10.3. The summed E-state index contributed by atoms with van der Waals surface area (Å²) in [6.07, 6.45) is -8.12. The average molecular weight is 475 g/mol. The number of carbonyl (C=O) groups is 1. The van der Waals surface area contributed by atoms with Crippen molar-refractivity contribution in [2.24, 2.45) is 0 Å². The first-order chi connectivity index (χ1) is 15.4. The van der Waals surface area contributed by atoms with Gasteiger partial charge in [0.15, 0.2) is 5.82 Å². The van der Waals surface area contributed by atoms with Gasteiger partial charge in [-0.1, -0.05) is 13.0 Å². The van der Waals surface area contributed by atoms with Crippen LogP contribution in [-0.2, 0) is 11.0 Å². The second kappa shape index (κ2) is 9.54. The second-order valence-electron chi connectivity index (χ2n) is 7.85. The SMILES string of the molecule is CCN1CCC[C@@H](Nc2nnc(-c3ccc(C(F)(F)F)cc3NC(=O)C(F)(F)F)cc2C)C1. The number of hydrogen-bond acceptors (Lipinski definition) is 5. The summed E-state index contributed by atoms with van der Waals surface area (Å²) in [5.74, 6) is -1.90. The van der Waals surface area contributed by atoms with Gasteiger partial charge in [0, 0.05) is 18.2 Å². The lowest BCUT2D eigenvalue weighted by molar-refractivity contribution is -0.167. The molecule has 1 fully saturated rings. The third-order valence-electron chi connectivity index (χ3n) is 5.41. The standard InChI is InChI=1S/C21H23F6N5O/c1-3-32-8-4-5-14(11-32)28-18-12(2)9-17(30-31-18)15-7-6-13(20(22,23)24)10-16(15)29-19(33)21(25,26)27/h6-7,9-10,14H,3-5,8,11H2,1-2H3,(H,28,31)(H,29,33)/t14-/m1/s1. The Labute approximate surface area is 186 Å². The molecule has 2 aromatic rings. The molecule has 6 nitrogen and oxygen atoms in total. The Kier molecular flexibility index (Phi) is 7.15. The van der Waals surface area contributed by atoms with Gasteiger partial charge in [-0.25, -0.2) is 0 Å². The Morgan fingerprint density at radius 3 is 2.48 bits per heavy atom. The van der Waals surface area contributed by atoms with Crippen molar-refractivity contribution in [1.29, 1.82) is 0 Å². The minimum Gasteiger partial charge on any atom is -0.364 e. The highest BCUT2D eigenvalue weighted by Gasteiger charge is 2.39. The Morgan fingerprint density at radius 2 is 1.88 bits per heavy atom. The molecule has 1 amide bonds. The third kappa shape index (κ3) is 6.12. The number of alkyl halides is 6. The van der Waals surface area contributed by atoms with E-state index in [0.717, 1.165) is 38.5 Å². The number of amides is 1. The van der Waals surface area contributed by atoms with Gasteiger partial charge in [-0.2, -0.15) is 26.3 Å². The summed E-state index contributed by atoms with van der Waals surface area (Å²) in [6, 6.07) is 3.77. The molecule has 0 saturated carbocycles. The Balaban J connectivity index is 1.91. The fourth-order valence-corrected chi connectivity index (χ4v) is 3.65. The van der Waals surface area contributed by atoms with Gasteiger partial charge in [0.25, 0.3) is 0 Å². The lowest BCUT2D eigenvalue weighted by atomic mass is 10.0. The van der Waals surface area contributed by atoms with Crippen molar-refractivity contribution in [2.75, 3.05) is 30.3 Å². The monoisotopic (exact) mass is 475 g/mol. The number of aryl methyl sites for hydroxylation is 1. The topological polar surface area (TPSA) is 70.2 Å². The molecule has 1 aliphatic rings. The van der Waals surface area contributed by atoms with Crippen LogP contribution in [-0.4, -0.2) is 52.9 Å². The van der Waals surface area contributed by atoms with Crippen LogP contribution in [0, 0.1) is 6.92 Å². The molecule has 1 aliphatic heterocycles. The van der Waals surface area contributed by atoms with E-state index in [9.17, 15) is 31.1 Å². The molecule has 0 aliphatic carbocycles. The zero-order chi connectivity index (χ0) is 24.4. The number of likely N-dealkylation sites (tertiary alicyclic amines) is 1. The third-order valence-corrected chi connectivity index (χ3v) is 5.41. The van der Waals surface area contributed by atoms with Crippen LogP contribution < -0.4 is 10.6 Å². The maximum absolute atomic E-state index is 13.1. The van der Waals surface area contributed by atoms with E-state index in [1.165, 1.54) is 11.4 Å². The van der Waals surface area contributed by atoms with Crippen LogP contribution in [0.3, 0.4) is 0 Å². The van der Waals surface area contributed by atoms with E-state index in [-0.39, 0.29) is 17.3 Å². The Bertz CT molecular complexity index is 1010. The number of nitrogens with zero attached hydrogens (tertiary/aromatic N) is 3. The van der Waals surface area contributed by atoms with E-state index < -0.39 is 29.5 Å². The van der Waals surface area contributed by atoms with Gasteiger partial charge in [-0.15, -0.1) is 10.2 Å². The summed E-state index contributed by atoms with van der Waals surface area (Å²) in [5, 5.41) is 12.9. The maximum atomic E-state index is 13.1. The summed E-state index contributed by atoms with van der Waals surface area (Å²) < 4.78 is 77.4. The number of benzene rings is 1. The van der Waals surface area contributed by atoms with Crippen LogP contribution in [0.1, 0.15) is 30.9 Å². The number of rotatable bonds is 5. The number of nitrogens with one attached hydrogen (secondary N) is 2. The van der Waals surface area contributed by atoms with E-state index >= 15 is 0 Å². The number of halogens is 6. The molecule has 1 aromatic heterocycles. The van der Waals surface area contributed by atoms with Crippen molar-refractivity contribution >= 4 is 17.4 Å². The quantitative estimate of drug-likeness (QED) is 0.604. The molecular formula is C21H23F6N5O. The van der Waals surface area contributed by atoms with Crippen LogP contribution in [0.15, 0.2) is 24.3 Å². The molecule has 12 heteroatoms. The molecule has 1 atom stereocenters. The number of piperidine rings is 1. The lowest BCUT2D eigenvalue weighted by Crippen LogP contribution is -2.42. The van der Waals surface area contributed by atoms with Crippen molar-refractivity contribution in [3.05, 3.63) is 35.4 Å². The number of hydrogen-bond donors (Lipinski definition) is 2. The molecule has 2 N–H and O–H groups in total. The number of likely N-dealkylation sites (N-methyl/N-ethyl adjacent to an activating group) is 1. The highest BCUT2D eigenvalue weighted by atomic mass is 19.4. The van der Waals surface area contributed by atoms with Crippen molar-refractivity contribution in [2.45, 2.75) is 45.1 Å². The summed E-state index contributed by atoms with van der Waals surface area (Å²) in [5.41, 5.74) is -1.33. The molecule has 0 unspecified atom stereocenters. The van der Waals surface area contributed by atoms with E-state index in [1.54, 1.807) is 6.92 Å². The summed E-state index contributed by atoms with van der Waals surface area (Å²) in [4.78, 5) is 13.7. The van der Waals surface area contributed by atoms with Crippen LogP contribution >= 0.6 is 0 Å². The average Bonchev–Trinajstić information content (AvgIpc) is 2.74. The molecule has 1 saturated heterocycles. The maximum Gasteiger partial charge on any atom is 0.471 e. The molecular weight excluding hydrogens is 452 g/mol. The van der Waals surface area contributed by atoms with Gasteiger partial charge in [0.05, 0.1) is 16.9 Å². The molecule has 1 aromatic carbocycles. The van der Waals surface area contributed by atoms with Crippen LogP contribution in [0.2, 0.25) is 0 Å². The van der Waals surface area contributed by atoms with Gasteiger partial charge >= 0.3 is 18.3 Å². The Hall–Kier alpha value is -2.89. The normalized spacial score (nSPS) is 17.6. The van der Waals surface area contributed by atoms with Crippen molar-refractivity contribution < 1.29 is 31.1 Å². The highest BCUT2D eigenvalue weighted by molar-refractivity contribution is 5.98. The van der Waals surface area contributed by atoms with E-state index in [4.69, 9.17) is 0 Å². The number of aromatic nitrogens is 2. The van der Waals surface area contributed by atoms with Gasteiger partial charge in [-0.05, 0) is 56.6 Å². The summed E-state index contributed by atoms with van der Waals surface area (Å²) in [6.45, 7) is 6.53. The molecule has 180 valence electrons. The van der Waals surface area contributed by atoms with Crippen molar-refractivity contribution in [3.8, 4) is 11.3 Å². The minimum atomic E-state index is -5.27. The van der Waals surface area contributed by atoms with Gasteiger partial charge in [0.1, 0.15) is 0 Å².